The first-order valence-electron chi connectivity index (χ1n) is 15.3. The Bertz CT molecular complexity index is 1840. The van der Waals surface area contributed by atoms with Crippen molar-refractivity contribution in [3.63, 3.8) is 0 Å². The molecule has 0 bridgehead atoms. The number of ether oxygens (including phenoxy) is 2. The van der Waals surface area contributed by atoms with Gasteiger partial charge < -0.3 is 14.7 Å². The molecular formula is C33H44N4O9S2. The molecular weight excluding hydrogens is 661 g/mol. The van der Waals surface area contributed by atoms with Crippen molar-refractivity contribution < 1.29 is 41.5 Å². The van der Waals surface area contributed by atoms with Crippen LogP contribution in [0.3, 0.4) is 0 Å². The van der Waals surface area contributed by atoms with Crippen LogP contribution in [-0.2, 0) is 45.4 Å². The van der Waals surface area contributed by atoms with Crippen molar-refractivity contribution >= 4 is 47.9 Å². The van der Waals surface area contributed by atoms with Gasteiger partial charge in [-0.2, -0.15) is 5.48 Å². The molecule has 48 heavy (non-hydrogen) atoms. The van der Waals surface area contributed by atoms with Crippen LogP contribution in [0.5, 0.6) is 0 Å². The van der Waals surface area contributed by atoms with Gasteiger partial charge in [0.05, 0.1) is 71.6 Å². The minimum atomic E-state index is -3.59. The van der Waals surface area contributed by atoms with Crippen LogP contribution in [0.1, 0.15) is 38.8 Å². The highest BCUT2D eigenvalue weighted by Gasteiger charge is 2.25. The average Bonchev–Trinajstić information content (AvgIpc) is 3.04. The highest BCUT2D eigenvalue weighted by Crippen LogP contribution is 2.17. The lowest BCUT2D eigenvalue weighted by Gasteiger charge is -2.23. The van der Waals surface area contributed by atoms with Crippen LogP contribution < -0.4 is 5.48 Å². The quantitative estimate of drug-likeness (QED) is 0.0824. The predicted octanol–water partition coefficient (Wildman–Crippen LogP) is 3.71. The fraction of sp³-hybridized carbons (Fsp3) is 0.424. The summed E-state index contributed by atoms with van der Waals surface area (Å²) < 4.78 is 60.3. The zero-order chi connectivity index (χ0) is 35.3. The Morgan fingerprint density at radius 1 is 0.771 bits per heavy atom. The average molecular weight is 705 g/mol. The molecule has 1 amide bonds. The van der Waals surface area contributed by atoms with Crippen LogP contribution in [0.25, 0.3) is 21.8 Å². The highest BCUT2D eigenvalue weighted by atomic mass is 32.2. The molecule has 0 unspecified atom stereocenters. The molecule has 13 nitrogen and oxygen atoms in total. The normalized spacial score (nSPS) is 13.3. The van der Waals surface area contributed by atoms with E-state index in [-0.39, 0.29) is 49.1 Å². The maximum Gasteiger partial charge on any atom is 0.233 e. The molecule has 4 rings (SSSR count). The number of nitrogens with zero attached hydrogens (tertiary/aromatic N) is 3. The van der Waals surface area contributed by atoms with Crippen molar-refractivity contribution in [2.24, 2.45) is 0 Å². The number of hydrogen-bond acceptors (Lipinski definition) is 12. The number of benzene rings is 2. The number of rotatable bonds is 17. The van der Waals surface area contributed by atoms with Crippen LogP contribution in [0.4, 0.5) is 0 Å². The molecule has 0 fully saturated rings. The summed E-state index contributed by atoms with van der Waals surface area (Å²) in [6.07, 6.45) is 3.11. The van der Waals surface area contributed by atoms with E-state index in [0.717, 1.165) is 21.8 Å². The van der Waals surface area contributed by atoms with E-state index in [4.69, 9.17) is 14.7 Å². The molecule has 0 saturated carbocycles. The Morgan fingerprint density at radius 3 is 1.69 bits per heavy atom. The van der Waals surface area contributed by atoms with Gasteiger partial charge in [0.1, 0.15) is 0 Å². The van der Waals surface area contributed by atoms with E-state index in [1.165, 1.54) is 6.20 Å². The van der Waals surface area contributed by atoms with Gasteiger partial charge in [-0.1, -0.05) is 36.4 Å². The Hall–Kier alpha value is -3.57. The third-order valence-corrected chi connectivity index (χ3v) is 10.2. The SMILES string of the molecule is CC(C)OC[C@@H](CS(=O)(=O)Cc1cnc2ccccc2c1)N(O)C=O.CC(C)OC[C@@H](CS(=O)(=O)Cc1cnc2ccccc2c1)NO. The van der Waals surface area contributed by atoms with E-state index in [9.17, 15) is 26.8 Å². The van der Waals surface area contributed by atoms with E-state index in [2.05, 4.69) is 9.97 Å². The molecule has 0 aliphatic carbocycles. The van der Waals surface area contributed by atoms with E-state index >= 15 is 0 Å². The molecule has 0 spiro atoms. The molecule has 0 radical (unpaired) electrons. The van der Waals surface area contributed by atoms with Crippen molar-refractivity contribution in [2.75, 3.05) is 24.7 Å². The topological polar surface area (TPSA) is 185 Å². The standard InChI is InChI=1S/C17H22N2O5S.C16H22N2O4S/c1-13(2)24-9-16(19(21)12-20)11-25(22,23)10-14-7-15-5-3-4-6-17(15)18-8-14;1-12(2)22-9-15(18-19)11-23(20,21)10-13-7-14-5-3-4-6-16(14)17-8-13/h3-8,12-13,16,21H,9-11H2,1-2H3;3-8,12,15,18-19H,9-11H2,1-2H3/t16-;15-/m00/s1. The Kier molecular flexibility index (Phi) is 14.8. The molecule has 2 heterocycles. The zero-order valence-electron chi connectivity index (χ0n) is 27.5. The van der Waals surface area contributed by atoms with Crippen LogP contribution in [0.15, 0.2) is 73.1 Å². The van der Waals surface area contributed by atoms with Gasteiger partial charge in [0.25, 0.3) is 0 Å². The fourth-order valence-corrected chi connectivity index (χ4v) is 7.82. The summed E-state index contributed by atoms with van der Waals surface area (Å²) in [6, 6.07) is 17.0. The number of para-hydroxylation sites is 2. The summed E-state index contributed by atoms with van der Waals surface area (Å²) in [7, 11) is -6.99. The Balaban J connectivity index is 0.000000261. The summed E-state index contributed by atoms with van der Waals surface area (Å²) in [6.45, 7) is 7.34. The Morgan fingerprint density at radius 2 is 1.23 bits per heavy atom. The predicted molar refractivity (Wildman–Crippen MR) is 183 cm³/mol. The number of sulfone groups is 2. The van der Waals surface area contributed by atoms with Gasteiger partial charge in [-0.25, -0.2) is 21.9 Å². The lowest BCUT2D eigenvalue weighted by Crippen LogP contribution is -2.41. The number of hydroxylamine groups is 3. The second-order valence-corrected chi connectivity index (χ2v) is 16.1. The van der Waals surface area contributed by atoms with Gasteiger partial charge in [-0.15, -0.1) is 0 Å². The van der Waals surface area contributed by atoms with Gasteiger partial charge >= 0.3 is 0 Å². The van der Waals surface area contributed by atoms with Gasteiger partial charge in [-0.3, -0.25) is 20.0 Å². The second kappa shape index (κ2) is 18.3. The molecule has 2 atom stereocenters. The lowest BCUT2D eigenvalue weighted by molar-refractivity contribution is -0.164. The minimum absolute atomic E-state index is 0.0294. The number of amides is 1. The largest absolute Gasteiger partial charge is 0.377 e. The summed E-state index contributed by atoms with van der Waals surface area (Å²) in [5.41, 5.74) is 4.81. The molecule has 3 N–H and O–H groups in total. The van der Waals surface area contributed by atoms with E-state index in [1.54, 1.807) is 26.1 Å². The van der Waals surface area contributed by atoms with Gasteiger partial charge in [0, 0.05) is 23.2 Å². The molecule has 0 saturated heterocycles. The molecule has 4 aromatic rings. The third-order valence-electron chi connectivity index (χ3n) is 6.89. The molecule has 2 aromatic carbocycles. The van der Waals surface area contributed by atoms with Crippen LogP contribution in [0, 0.1) is 0 Å². The number of carbonyl (C=O) groups excluding carboxylic acids is 1. The molecule has 15 heteroatoms. The first kappa shape index (κ1) is 38.9. The maximum atomic E-state index is 12.5. The molecule has 0 aliphatic heterocycles. The molecule has 262 valence electrons. The van der Waals surface area contributed by atoms with Crippen molar-refractivity contribution in [3.8, 4) is 0 Å². The van der Waals surface area contributed by atoms with E-state index in [1.807, 2.05) is 73.9 Å². The van der Waals surface area contributed by atoms with Crippen molar-refractivity contribution in [2.45, 2.75) is 63.5 Å². The molecule has 2 aromatic heterocycles. The zero-order valence-corrected chi connectivity index (χ0v) is 29.1. The summed E-state index contributed by atoms with van der Waals surface area (Å²) in [5.74, 6) is -0.953. The maximum absolute atomic E-state index is 12.5. The van der Waals surface area contributed by atoms with Crippen LogP contribution in [-0.4, -0.2) is 97.7 Å². The monoisotopic (exact) mass is 704 g/mol. The first-order chi connectivity index (χ1) is 22.7. The van der Waals surface area contributed by atoms with Crippen molar-refractivity contribution in [3.05, 3.63) is 84.2 Å². The smallest absolute Gasteiger partial charge is 0.233 e. The second-order valence-electron chi connectivity index (χ2n) is 11.9. The van der Waals surface area contributed by atoms with Gasteiger partial charge in [0.15, 0.2) is 19.7 Å². The first-order valence-corrected chi connectivity index (χ1v) is 19.0. The number of carbonyl (C=O) groups is 1. The van der Waals surface area contributed by atoms with Gasteiger partial charge in [-0.05, 0) is 63.1 Å². The fourth-order valence-electron chi connectivity index (χ4n) is 4.64. The summed E-state index contributed by atoms with van der Waals surface area (Å²) in [5, 5.41) is 20.8. The van der Waals surface area contributed by atoms with E-state index < -0.39 is 37.5 Å². The van der Waals surface area contributed by atoms with Crippen LogP contribution >= 0.6 is 0 Å². The molecule has 0 aliphatic rings. The van der Waals surface area contributed by atoms with E-state index in [0.29, 0.717) is 16.2 Å². The van der Waals surface area contributed by atoms with Gasteiger partial charge in [0.2, 0.25) is 6.41 Å². The number of hydrogen-bond donors (Lipinski definition) is 3. The number of fused-ring (bicyclic) bond motifs is 2. The summed E-state index contributed by atoms with van der Waals surface area (Å²) >= 11 is 0. The number of aromatic nitrogens is 2. The number of pyridine rings is 2. The summed E-state index contributed by atoms with van der Waals surface area (Å²) in [4.78, 5) is 19.3. The van der Waals surface area contributed by atoms with Crippen molar-refractivity contribution in [1.29, 1.82) is 0 Å². The van der Waals surface area contributed by atoms with Crippen molar-refractivity contribution in [1.82, 2.24) is 20.5 Å². The Labute approximate surface area is 281 Å². The minimum Gasteiger partial charge on any atom is -0.377 e. The number of nitrogens with one attached hydrogen (secondary N) is 1. The van der Waals surface area contributed by atoms with Crippen LogP contribution in [0.2, 0.25) is 0 Å². The third kappa shape index (κ3) is 13.1. The highest BCUT2D eigenvalue weighted by molar-refractivity contribution is 7.90. The lowest BCUT2D eigenvalue weighted by atomic mass is 10.2.